The van der Waals surface area contributed by atoms with Gasteiger partial charge in [0, 0.05) is 30.2 Å². The Bertz CT molecular complexity index is 1280. The fourth-order valence-corrected chi connectivity index (χ4v) is 4.26. The molecule has 4 heterocycles. The molecule has 1 aromatic carbocycles. The van der Waals surface area contributed by atoms with Gasteiger partial charge in [0.1, 0.15) is 22.7 Å². The van der Waals surface area contributed by atoms with Crippen molar-refractivity contribution in [3.63, 3.8) is 0 Å². The lowest BCUT2D eigenvalue weighted by atomic mass is 10.00. The number of aliphatic hydroxyl groups is 2. The Kier molecular flexibility index (Phi) is 5.79. The first-order chi connectivity index (χ1) is 16.0. The van der Waals surface area contributed by atoms with E-state index in [1.807, 2.05) is 6.07 Å². The number of benzene rings is 1. The van der Waals surface area contributed by atoms with Crippen LogP contribution in [0.5, 0.6) is 0 Å². The number of rotatable bonds is 6. The third kappa shape index (κ3) is 4.08. The molecule has 1 aliphatic heterocycles. The lowest BCUT2D eigenvalue weighted by Gasteiger charge is -2.28. The fourth-order valence-electron chi connectivity index (χ4n) is 3.98. The standard InChI is InChI=1S/C23H24ClN5O4/c24-17-9-16(11-26-21(17)29-6-2-1-3-7-29)22-27-20(28-33-22)14-4-5-18-15(8-14)10-19(32-18)23(25,12-30)13-31/h4-5,8-11,30-31H,1-3,6-7,12-13,25H2. The van der Waals surface area contributed by atoms with Crippen molar-refractivity contribution in [2.75, 3.05) is 31.2 Å². The second-order valence-corrected chi connectivity index (χ2v) is 8.74. The Balaban J connectivity index is 1.42. The number of anilines is 1. The van der Waals surface area contributed by atoms with Crippen LogP contribution < -0.4 is 10.6 Å². The minimum Gasteiger partial charge on any atom is -0.459 e. The molecule has 0 unspecified atom stereocenters. The number of fused-ring (bicyclic) bond motifs is 1. The van der Waals surface area contributed by atoms with Gasteiger partial charge in [0.15, 0.2) is 0 Å². The summed E-state index contributed by atoms with van der Waals surface area (Å²) in [5.41, 5.74) is 6.58. The molecule has 0 radical (unpaired) electrons. The maximum absolute atomic E-state index is 9.52. The van der Waals surface area contributed by atoms with Crippen molar-refractivity contribution in [2.45, 2.75) is 24.8 Å². The molecule has 172 valence electrons. The van der Waals surface area contributed by atoms with E-state index in [1.54, 1.807) is 30.5 Å². The largest absolute Gasteiger partial charge is 0.459 e. The van der Waals surface area contributed by atoms with Gasteiger partial charge in [-0.1, -0.05) is 16.8 Å². The number of pyridine rings is 1. The Labute approximate surface area is 194 Å². The minimum absolute atomic E-state index is 0.294. The van der Waals surface area contributed by atoms with Crippen LogP contribution in [0.4, 0.5) is 5.82 Å². The Morgan fingerprint density at radius 3 is 2.58 bits per heavy atom. The second kappa shape index (κ2) is 8.75. The summed E-state index contributed by atoms with van der Waals surface area (Å²) in [5.74, 6) is 1.79. The van der Waals surface area contributed by atoms with Crippen LogP contribution in [-0.4, -0.2) is 51.6 Å². The van der Waals surface area contributed by atoms with E-state index in [0.29, 0.717) is 39.2 Å². The Hall–Kier alpha value is -2.98. The minimum atomic E-state index is -1.36. The van der Waals surface area contributed by atoms with E-state index in [2.05, 4.69) is 20.0 Å². The molecule has 0 bridgehead atoms. The number of aromatic nitrogens is 3. The van der Waals surface area contributed by atoms with Crippen LogP contribution in [0.25, 0.3) is 33.8 Å². The zero-order valence-electron chi connectivity index (χ0n) is 17.9. The van der Waals surface area contributed by atoms with Gasteiger partial charge < -0.3 is 29.8 Å². The number of hydrogen-bond donors (Lipinski definition) is 3. The predicted molar refractivity (Wildman–Crippen MR) is 124 cm³/mol. The molecular weight excluding hydrogens is 446 g/mol. The number of halogens is 1. The van der Waals surface area contributed by atoms with Crippen molar-refractivity contribution in [3.05, 3.63) is 47.3 Å². The molecule has 1 aliphatic rings. The SMILES string of the molecule is NC(CO)(CO)c1cc2cc(-c3noc(-c4cnc(N5CCCCC5)c(Cl)c4)n3)ccc2o1. The molecule has 1 fully saturated rings. The molecular formula is C23H24ClN5O4. The van der Waals surface area contributed by atoms with Crippen LogP contribution in [0.15, 0.2) is 45.5 Å². The number of hydrogen-bond acceptors (Lipinski definition) is 9. The molecule has 1 saturated heterocycles. The average molecular weight is 470 g/mol. The zero-order valence-corrected chi connectivity index (χ0v) is 18.6. The van der Waals surface area contributed by atoms with Gasteiger partial charge in [0.2, 0.25) is 5.82 Å². The molecule has 0 amide bonds. The van der Waals surface area contributed by atoms with Crippen molar-refractivity contribution in [1.29, 1.82) is 0 Å². The highest BCUT2D eigenvalue weighted by atomic mass is 35.5. The highest BCUT2D eigenvalue weighted by Crippen LogP contribution is 2.32. The van der Waals surface area contributed by atoms with Crippen LogP contribution in [0.3, 0.4) is 0 Å². The van der Waals surface area contributed by atoms with Crippen molar-refractivity contribution in [2.24, 2.45) is 5.73 Å². The van der Waals surface area contributed by atoms with Gasteiger partial charge in [-0.05, 0) is 49.6 Å². The summed E-state index contributed by atoms with van der Waals surface area (Å²) >= 11 is 6.51. The predicted octanol–water partition coefficient (Wildman–Crippen LogP) is 3.33. The van der Waals surface area contributed by atoms with E-state index in [0.717, 1.165) is 37.1 Å². The van der Waals surface area contributed by atoms with Crippen LogP contribution in [0, 0.1) is 0 Å². The summed E-state index contributed by atoms with van der Waals surface area (Å²) in [6.07, 6.45) is 5.21. The second-order valence-electron chi connectivity index (χ2n) is 8.34. The van der Waals surface area contributed by atoms with Gasteiger partial charge in [-0.15, -0.1) is 0 Å². The lowest BCUT2D eigenvalue weighted by molar-refractivity contribution is 0.105. The molecule has 0 saturated carbocycles. The number of aliphatic hydroxyl groups excluding tert-OH is 2. The molecule has 10 heteroatoms. The zero-order chi connectivity index (χ0) is 23.0. The normalized spacial score (nSPS) is 14.8. The van der Waals surface area contributed by atoms with Gasteiger partial charge in [0.25, 0.3) is 5.89 Å². The summed E-state index contributed by atoms with van der Waals surface area (Å²) < 4.78 is 11.2. The number of nitrogens with two attached hydrogens (primary N) is 1. The van der Waals surface area contributed by atoms with Crippen LogP contribution in [0.2, 0.25) is 5.02 Å². The van der Waals surface area contributed by atoms with E-state index < -0.39 is 18.8 Å². The fraction of sp³-hybridized carbons (Fsp3) is 0.348. The Morgan fingerprint density at radius 2 is 1.85 bits per heavy atom. The monoisotopic (exact) mass is 469 g/mol. The maximum atomic E-state index is 9.52. The first-order valence-corrected chi connectivity index (χ1v) is 11.2. The molecule has 0 spiro atoms. The molecule has 3 aromatic heterocycles. The molecule has 4 aromatic rings. The summed E-state index contributed by atoms with van der Waals surface area (Å²) in [7, 11) is 0. The van der Waals surface area contributed by atoms with Crippen LogP contribution in [-0.2, 0) is 5.54 Å². The van der Waals surface area contributed by atoms with Crippen molar-refractivity contribution < 1.29 is 19.2 Å². The number of piperidine rings is 1. The highest BCUT2D eigenvalue weighted by molar-refractivity contribution is 6.33. The summed E-state index contributed by atoms with van der Waals surface area (Å²) in [6, 6.07) is 8.87. The first kappa shape index (κ1) is 21.8. The quantitative estimate of drug-likeness (QED) is 0.388. The van der Waals surface area contributed by atoms with Crippen LogP contribution >= 0.6 is 11.6 Å². The molecule has 9 nitrogen and oxygen atoms in total. The topological polar surface area (TPSA) is 135 Å². The average Bonchev–Trinajstić information content (AvgIpc) is 3.51. The van der Waals surface area contributed by atoms with Gasteiger partial charge in [0.05, 0.1) is 23.8 Å². The van der Waals surface area contributed by atoms with Crippen molar-refractivity contribution in [3.8, 4) is 22.8 Å². The smallest absolute Gasteiger partial charge is 0.259 e. The molecule has 0 aliphatic carbocycles. The first-order valence-electron chi connectivity index (χ1n) is 10.8. The Morgan fingerprint density at radius 1 is 1.06 bits per heavy atom. The molecule has 5 rings (SSSR count). The van der Waals surface area contributed by atoms with E-state index in [9.17, 15) is 10.2 Å². The van der Waals surface area contributed by atoms with Gasteiger partial charge in [-0.2, -0.15) is 4.98 Å². The summed E-state index contributed by atoms with van der Waals surface area (Å²) in [4.78, 5) is 11.2. The highest BCUT2D eigenvalue weighted by Gasteiger charge is 2.30. The third-order valence-corrected chi connectivity index (χ3v) is 6.26. The lowest BCUT2D eigenvalue weighted by Crippen LogP contribution is -2.43. The summed E-state index contributed by atoms with van der Waals surface area (Å²) in [5, 5.41) is 24.4. The molecule has 0 atom stereocenters. The number of nitrogens with zero attached hydrogens (tertiary/aromatic N) is 4. The summed E-state index contributed by atoms with van der Waals surface area (Å²) in [6.45, 7) is 1.02. The van der Waals surface area contributed by atoms with E-state index in [1.165, 1.54) is 6.42 Å². The van der Waals surface area contributed by atoms with Gasteiger partial charge in [-0.3, -0.25) is 0 Å². The molecule has 4 N–H and O–H groups in total. The van der Waals surface area contributed by atoms with Crippen molar-refractivity contribution in [1.82, 2.24) is 15.1 Å². The van der Waals surface area contributed by atoms with E-state index >= 15 is 0 Å². The number of furan rings is 1. The van der Waals surface area contributed by atoms with Crippen molar-refractivity contribution >= 4 is 28.4 Å². The third-order valence-electron chi connectivity index (χ3n) is 5.98. The molecule has 33 heavy (non-hydrogen) atoms. The van der Waals surface area contributed by atoms with Gasteiger partial charge in [-0.25, -0.2) is 4.98 Å². The van der Waals surface area contributed by atoms with Gasteiger partial charge >= 0.3 is 0 Å². The van der Waals surface area contributed by atoms with E-state index in [4.69, 9.17) is 26.3 Å². The van der Waals surface area contributed by atoms with E-state index in [-0.39, 0.29) is 0 Å². The van der Waals surface area contributed by atoms with Crippen LogP contribution in [0.1, 0.15) is 25.0 Å². The maximum Gasteiger partial charge on any atom is 0.259 e.